The lowest BCUT2D eigenvalue weighted by atomic mass is 10.5. The molecule has 0 aliphatic carbocycles. The summed E-state index contributed by atoms with van der Waals surface area (Å²) in [7, 11) is -3.62. The maximum atomic E-state index is 10.6. The summed E-state index contributed by atoms with van der Waals surface area (Å²) >= 11 is 0. The van der Waals surface area contributed by atoms with Crippen LogP contribution in [0.15, 0.2) is 12.4 Å². The lowest BCUT2D eigenvalue weighted by molar-refractivity contribution is 0.116. The van der Waals surface area contributed by atoms with Crippen LogP contribution >= 0.6 is 7.60 Å². The van der Waals surface area contributed by atoms with Crippen molar-refractivity contribution >= 4 is 7.60 Å². The lowest BCUT2D eigenvalue weighted by Gasteiger charge is -2.08. The average Bonchev–Trinajstić information content (AvgIpc) is 1.85. The van der Waals surface area contributed by atoms with E-state index in [1.165, 1.54) is 6.92 Å². The Morgan fingerprint density at radius 1 is 1.90 bits per heavy atom. The summed E-state index contributed by atoms with van der Waals surface area (Å²) in [6.07, 6.45) is -0.736. The van der Waals surface area contributed by atoms with E-state index in [-0.39, 0.29) is 6.61 Å². The van der Waals surface area contributed by atoms with Gasteiger partial charge in [-0.05, 0) is 6.92 Å². The summed E-state index contributed by atoms with van der Waals surface area (Å²) in [5, 5.41) is 8.62. The largest absolute Gasteiger partial charge is 0.391 e. The van der Waals surface area contributed by atoms with E-state index in [4.69, 9.17) is 10.00 Å². The number of aliphatic hydroxyl groups excluding tert-OH is 1. The minimum atomic E-state index is -3.62. The molecule has 2 N–H and O–H groups in total. The van der Waals surface area contributed by atoms with Gasteiger partial charge in [0.25, 0.3) is 0 Å². The van der Waals surface area contributed by atoms with Crippen LogP contribution in [-0.2, 0) is 9.09 Å². The molecular weight excluding hydrogens is 155 g/mol. The van der Waals surface area contributed by atoms with E-state index in [0.717, 1.165) is 5.82 Å². The molecule has 2 atom stereocenters. The van der Waals surface area contributed by atoms with Crippen LogP contribution in [0.3, 0.4) is 0 Å². The molecule has 0 aromatic carbocycles. The molecule has 0 amide bonds. The van der Waals surface area contributed by atoms with Gasteiger partial charge in [0, 0.05) is 5.82 Å². The highest BCUT2D eigenvalue weighted by Gasteiger charge is 2.13. The lowest BCUT2D eigenvalue weighted by Crippen LogP contribution is -2.08. The molecule has 0 aromatic rings. The summed E-state index contributed by atoms with van der Waals surface area (Å²) in [5.41, 5.74) is 0. The van der Waals surface area contributed by atoms with Crippen molar-refractivity contribution in [2.24, 2.45) is 0 Å². The van der Waals surface area contributed by atoms with Crippen LogP contribution in [0.25, 0.3) is 0 Å². The first-order valence-electron chi connectivity index (χ1n) is 2.76. The smallest absolute Gasteiger partial charge is 0.351 e. The molecule has 0 aliphatic rings. The molecule has 5 heteroatoms. The first-order chi connectivity index (χ1) is 4.48. The van der Waals surface area contributed by atoms with Crippen LogP contribution in [0.2, 0.25) is 0 Å². The Morgan fingerprint density at radius 2 is 2.40 bits per heavy atom. The summed E-state index contributed by atoms with van der Waals surface area (Å²) in [6, 6.07) is 0. The summed E-state index contributed by atoms with van der Waals surface area (Å²) in [6.45, 7) is 4.40. The predicted molar refractivity (Wildman–Crippen MR) is 37.7 cm³/mol. The molecule has 60 valence electrons. The molecule has 0 heterocycles. The van der Waals surface area contributed by atoms with E-state index in [9.17, 15) is 4.57 Å². The highest BCUT2D eigenvalue weighted by atomic mass is 31.2. The Balaban J connectivity index is 3.68. The zero-order valence-corrected chi connectivity index (χ0v) is 6.62. The fourth-order valence-electron chi connectivity index (χ4n) is 0.267. The van der Waals surface area contributed by atoms with Gasteiger partial charge in [0.2, 0.25) is 0 Å². The normalized spacial score (nSPS) is 19.5. The first kappa shape index (κ1) is 9.85. The standard InChI is InChI=1S/C5H11O4P/c1-3-10(7,8)9-4-5(2)6/h3,5-6H,1,4H2,2H3,(H,7,8). The zero-order chi connectivity index (χ0) is 8.20. The Hall–Kier alpha value is -0.150. The first-order valence-corrected chi connectivity index (χ1v) is 4.41. The van der Waals surface area contributed by atoms with Gasteiger partial charge in [-0.15, -0.1) is 0 Å². The second kappa shape index (κ2) is 3.88. The van der Waals surface area contributed by atoms with Gasteiger partial charge in [-0.25, -0.2) is 0 Å². The van der Waals surface area contributed by atoms with Gasteiger partial charge in [-0.2, -0.15) is 0 Å². The molecule has 0 radical (unpaired) electrons. The van der Waals surface area contributed by atoms with Crippen molar-refractivity contribution in [1.82, 2.24) is 0 Å². The quantitative estimate of drug-likeness (QED) is 0.603. The van der Waals surface area contributed by atoms with Crippen molar-refractivity contribution in [2.75, 3.05) is 6.61 Å². The van der Waals surface area contributed by atoms with Gasteiger partial charge in [0.15, 0.2) is 0 Å². The average molecular weight is 166 g/mol. The maximum Gasteiger partial charge on any atom is 0.351 e. The van der Waals surface area contributed by atoms with Crippen molar-refractivity contribution in [3.8, 4) is 0 Å². The third kappa shape index (κ3) is 4.70. The van der Waals surface area contributed by atoms with Gasteiger partial charge in [-0.3, -0.25) is 4.57 Å². The summed E-state index contributed by atoms with van der Waals surface area (Å²) < 4.78 is 15.0. The van der Waals surface area contributed by atoms with E-state index < -0.39 is 13.7 Å². The molecule has 0 rings (SSSR count). The second-order valence-corrected chi connectivity index (χ2v) is 3.64. The Kier molecular flexibility index (Phi) is 3.83. The van der Waals surface area contributed by atoms with E-state index in [2.05, 4.69) is 11.1 Å². The highest BCUT2D eigenvalue weighted by molar-refractivity contribution is 7.56. The molecule has 0 aromatic heterocycles. The van der Waals surface area contributed by atoms with Crippen molar-refractivity contribution in [3.05, 3.63) is 12.4 Å². The van der Waals surface area contributed by atoms with E-state index in [0.29, 0.717) is 0 Å². The SMILES string of the molecule is C=CP(=O)(O)OCC(C)O. The molecule has 0 bridgehead atoms. The zero-order valence-electron chi connectivity index (χ0n) is 5.73. The number of rotatable bonds is 4. The van der Waals surface area contributed by atoms with Crippen LogP contribution in [0.1, 0.15) is 6.92 Å². The minimum Gasteiger partial charge on any atom is -0.391 e. The molecule has 2 unspecified atom stereocenters. The molecule has 0 saturated heterocycles. The van der Waals surface area contributed by atoms with Gasteiger partial charge in [-0.1, -0.05) is 6.58 Å². The van der Waals surface area contributed by atoms with Crippen molar-refractivity contribution < 1.29 is 19.1 Å². The monoisotopic (exact) mass is 166 g/mol. The number of hydrogen-bond acceptors (Lipinski definition) is 3. The van der Waals surface area contributed by atoms with Gasteiger partial charge in [0.1, 0.15) is 0 Å². The van der Waals surface area contributed by atoms with Crippen LogP contribution in [0.5, 0.6) is 0 Å². The fourth-order valence-corrected chi connectivity index (χ4v) is 0.802. The molecule has 4 nitrogen and oxygen atoms in total. The molecular formula is C5H11O4P. The summed E-state index contributed by atoms with van der Waals surface area (Å²) in [4.78, 5) is 8.68. The highest BCUT2D eigenvalue weighted by Crippen LogP contribution is 2.42. The maximum absolute atomic E-state index is 10.6. The Bertz CT molecular complexity index is 154. The molecule has 0 fully saturated rings. The fraction of sp³-hybridized carbons (Fsp3) is 0.600. The molecule has 10 heavy (non-hydrogen) atoms. The third-order valence-electron chi connectivity index (χ3n) is 0.731. The van der Waals surface area contributed by atoms with E-state index in [1.54, 1.807) is 0 Å². The number of hydrogen-bond donors (Lipinski definition) is 2. The molecule has 0 saturated carbocycles. The van der Waals surface area contributed by atoms with Crippen LogP contribution < -0.4 is 0 Å². The van der Waals surface area contributed by atoms with E-state index in [1.807, 2.05) is 0 Å². The van der Waals surface area contributed by atoms with E-state index >= 15 is 0 Å². The Labute approximate surface area is 59.7 Å². The van der Waals surface area contributed by atoms with Crippen molar-refractivity contribution in [2.45, 2.75) is 13.0 Å². The second-order valence-electron chi connectivity index (χ2n) is 1.89. The van der Waals surface area contributed by atoms with Crippen molar-refractivity contribution in [1.29, 1.82) is 0 Å². The topological polar surface area (TPSA) is 66.8 Å². The Morgan fingerprint density at radius 3 is 2.70 bits per heavy atom. The minimum absolute atomic E-state index is 0.153. The summed E-state index contributed by atoms with van der Waals surface area (Å²) in [5.74, 6) is 0.829. The third-order valence-corrected chi connectivity index (χ3v) is 1.71. The molecule has 0 aliphatic heterocycles. The van der Waals surface area contributed by atoms with Crippen molar-refractivity contribution in [3.63, 3.8) is 0 Å². The number of aliphatic hydroxyl groups is 1. The molecule has 0 spiro atoms. The van der Waals surface area contributed by atoms with Gasteiger partial charge >= 0.3 is 7.60 Å². The van der Waals surface area contributed by atoms with Crippen LogP contribution in [-0.4, -0.2) is 22.7 Å². The van der Waals surface area contributed by atoms with Crippen LogP contribution in [0.4, 0.5) is 0 Å². The van der Waals surface area contributed by atoms with Crippen LogP contribution in [0, 0.1) is 0 Å². The van der Waals surface area contributed by atoms with Gasteiger partial charge in [0.05, 0.1) is 12.7 Å². The predicted octanol–water partition coefficient (Wildman–Crippen LogP) is 0.713. The van der Waals surface area contributed by atoms with Gasteiger partial charge < -0.3 is 14.5 Å².